The van der Waals surface area contributed by atoms with E-state index >= 15 is 0 Å². The minimum absolute atomic E-state index is 0.0419. The summed E-state index contributed by atoms with van der Waals surface area (Å²) in [4.78, 5) is 0. The largest absolute Gasteiger partial charge is 0.492 e. The Hall–Kier alpha value is -1.14. The first-order valence-electron chi connectivity index (χ1n) is 6.30. The van der Waals surface area contributed by atoms with Crippen LogP contribution in [0.5, 0.6) is 5.75 Å². The van der Waals surface area contributed by atoms with Crippen molar-refractivity contribution in [3.8, 4) is 5.75 Å². The standard InChI is InChI=1S/C13H20FNO3S/c1-3-15-10-11-7-12(14)9-13(8-11)18-5-6-19(16,17)4-2/h7-9,15H,3-6,10H2,1-2H3. The van der Waals surface area contributed by atoms with Crippen LogP contribution in [0.15, 0.2) is 18.2 Å². The second-order valence-corrected chi connectivity index (χ2v) is 6.63. The van der Waals surface area contributed by atoms with Gasteiger partial charge in [0.05, 0.1) is 5.75 Å². The first-order valence-corrected chi connectivity index (χ1v) is 8.12. The number of halogens is 1. The van der Waals surface area contributed by atoms with E-state index in [-0.39, 0.29) is 23.9 Å². The van der Waals surface area contributed by atoms with E-state index in [1.165, 1.54) is 12.1 Å². The lowest BCUT2D eigenvalue weighted by Gasteiger charge is -2.09. The molecule has 1 aromatic rings. The molecule has 0 atom stereocenters. The molecule has 0 aromatic heterocycles. The van der Waals surface area contributed by atoms with E-state index < -0.39 is 9.84 Å². The number of ether oxygens (including phenoxy) is 1. The van der Waals surface area contributed by atoms with Crippen molar-refractivity contribution in [2.24, 2.45) is 0 Å². The lowest BCUT2D eigenvalue weighted by molar-refractivity contribution is 0.338. The van der Waals surface area contributed by atoms with Crippen molar-refractivity contribution >= 4 is 9.84 Å². The highest BCUT2D eigenvalue weighted by Crippen LogP contribution is 2.16. The number of hydrogen-bond acceptors (Lipinski definition) is 4. The van der Waals surface area contributed by atoms with Gasteiger partial charge in [0.15, 0.2) is 9.84 Å². The molecular formula is C13H20FNO3S. The van der Waals surface area contributed by atoms with Gasteiger partial charge in [0, 0.05) is 18.4 Å². The van der Waals surface area contributed by atoms with Crippen molar-refractivity contribution in [3.63, 3.8) is 0 Å². The summed E-state index contributed by atoms with van der Waals surface area (Å²) in [6.45, 7) is 4.94. The Morgan fingerprint density at radius 3 is 2.63 bits per heavy atom. The Bertz CT molecular complexity index is 503. The summed E-state index contributed by atoms with van der Waals surface area (Å²) in [6.07, 6.45) is 0. The van der Waals surface area contributed by atoms with Gasteiger partial charge in [0.1, 0.15) is 18.2 Å². The Morgan fingerprint density at radius 1 is 1.26 bits per heavy atom. The predicted molar refractivity (Wildman–Crippen MR) is 73.6 cm³/mol. The fourth-order valence-corrected chi connectivity index (χ4v) is 2.13. The van der Waals surface area contributed by atoms with Crippen LogP contribution in [0.4, 0.5) is 4.39 Å². The summed E-state index contributed by atoms with van der Waals surface area (Å²) < 4.78 is 41.3. The molecule has 0 saturated carbocycles. The van der Waals surface area contributed by atoms with Gasteiger partial charge < -0.3 is 10.1 Å². The minimum Gasteiger partial charge on any atom is -0.492 e. The molecular weight excluding hydrogens is 269 g/mol. The van der Waals surface area contributed by atoms with Crippen molar-refractivity contribution in [2.45, 2.75) is 20.4 Å². The maximum Gasteiger partial charge on any atom is 0.153 e. The van der Waals surface area contributed by atoms with E-state index in [0.717, 1.165) is 12.1 Å². The van der Waals surface area contributed by atoms with Crippen LogP contribution in [0.3, 0.4) is 0 Å². The summed E-state index contributed by atoms with van der Waals surface area (Å²) >= 11 is 0. The maximum atomic E-state index is 13.4. The summed E-state index contributed by atoms with van der Waals surface area (Å²) in [7, 11) is -3.06. The molecule has 0 aliphatic carbocycles. The molecule has 0 bridgehead atoms. The monoisotopic (exact) mass is 289 g/mol. The molecule has 6 heteroatoms. The van der Waals surface area contributed by atoms with Gasteiger partial charge in [-0.1, -0.05) is 13.8 Å². The number of rotatable bonds is 8. The first-order chi connectivity index (χ1) is 8.96. The second-order valence-electron chi connectivity index (χ2n) is 4.16. The van der Waals surface area contributed by atoms with Crippen molar-refractivity contribution < 1.29 is 17.5 Å². The Kier molecular flexibility index (Phi) is 6.24. The molecule has 0 aliphatic heterocycles. The molecule has 0 fully saturated rings. The van der Waals surface area contributed by atoms with E-state index in [1.54, 1.807) is 13.0 Å². The molecule has 4 nitrogen and oxygen atoms in total. The van der Waals surface area contributed by atoms with Gasteiger partial charge in [-0.2, -0.15) is 0 Å². The van der Waals surface area contributed by atoms with Crippen LogP contribution >= 0.6 is 0 Å². The lowest BCUT2D eigenvalue weighted by Crippen LogP contribution is -2.16. The van der Waals surface area contributed by atoms with Crippen LogP contribution < -0.4 is 10.1 Å². The summed E-state index contributed by atoms with van der Waals surface area (Å²) in [5.41, 5.74) is 0.773. The predicted octanol–water partition coefficient (Wildman–Crippen LogP) is 1.75. The fourth-order valence-electron chi connectivity index (χ4n) is 1.51. The Morgan fingerprint density at radius 2 is 2.00 bits per heavy atom. The smallest absolute Gasteiger partial charge is 0.153 e. The van der Waals surface area contributed by atoms with Gasteiger partial charge >= 0.3 is 0 Å². The normalized spacial score (nSPS) is 11.5. The summed E-state index contributed by atoms with van der Waals surface area (Å²) in [5.74, 6) is 0.0104. The van der Waals surface area contributed by atoms with Crippen molar-refractivity contribution in [2.75, 3.05) is 24.7 Å². The Labute approximate surface area is 113 Å². The van der Waals surface area contributed by atoms with E-state index in [2.05, 4.69) is 5.32 Å². The zero-order chi connectivity index (χ0) is 14.3. The van der Waals surface area contributed by atoms with Crippen LogP contribution in [0.25, 0.3) is 0 Å². The van der Waals surface area contributed by atoms with Gasteiger partial charge in [-0.15, -0.1) is 0 Å². The number of nitrogens with one attached hydrogen (secondary N) is 1. The van der Waals surface area contributed by atoms with Crippen molar-refractivity contribution in [1.82, 2.24) is 5.32 Å². The highest BCUT2D eigenvalue weighted by Gasteiger charge is 2.08. The number of hydrogen-bond donors (Lipinski definition) is 1. The van der Waals surface area contributed by atoms with E-state index in [4.69, 9.17) is 4.74 Å². The van der Waals surface area contributed by atoms with Crippen molar-refractivity contribution in [1.29, 1.82) is 0 Å². The van der Waals surface area contributed by atoms with Crippen LogP contribution in [0.1, 0.15) is 19.4 Å². The SMILES string of the molecule is CCNCc1cc(F)cc(OCCS(=O)(=O)CC)c1. The molecule has 0 heterocycles. The third-order valence-electron chi connectivity index (χ3n) is 2.61. The molecule has 19 heavy (non-hydrogen) atoms. The van der Waals surface area contributed by atoms with E-state index in [9.17, 15) is 12.8 Å². The topological polar surface area (TPSA) is 55.4 Å². The van der Waals surface area contributed by atoms with Crippen LogP contribution in [-0.2, 0) is 16.4 Å². The number of sulfone groups is 1. The third kappa shape index (κ3) is 6.02. The quantitative estimate of drug-likeness (QED) is 0.792. The highest BCUT2D eigenvalue weighted by molar-refractivity contribution is 7.91. The van der Waals surface area contributed by atoms with Gasteiger partial charge in [-0.25, -0.2) is 12.8 Å². The van der Waals surface area contributed by atoms with Gasteiger partial charge in [0.25, 0.3) is 0 Å². The maximum absolute atomic E-state index is 13.4. The molecule has 1 rings (SSSR count). The van der Waals surface area contributed by atoms with Crippen molar-refractivity contribution in [3.05, 3.63) is 29.6 Å². The summed E-state index contributed by atoms with van der Waals surface area (Å²) in [6, 6.07) is 4.40. The molecule has 0 saturated heterocycles. The van der Waals surface area contributed by atoms with Crippen LogP contribution in [0, 0.1) is 5.82 Å². The summed E-state index contributed by atoms with van der Waals surface area (Å²) in [5, 5.41) is 3.09. The molecule has 0 unspecified atom stereocenters. The molecule has 0 radical (unpaired) electrons. The second kappa shape index (κ2) is 7.45. The molecule has 1 N–H and O–H groups in total. The molecule has 108 valence electrons. The minimum atomic E-state index is -3.06. The van der Waals surface area contributed by atoms with Crippen LogP contribution in [-0.4, -0.2) is 33.1 Å². The van der Waals surface area contributed by atoms with E-state index in [1.807, 2.05) is 6.92 Å². The lowest BCUT2D eigenvalue weighted by atomic mass is 10.2. The molecule has 0 spiro atoms. The highest BCUT2D eigenvalue weighted by atomic mass is 32.2. The van der Waals surface area contributed by atoms with E-state index in [0.29, 0.717) is 12.3 Å². The van der Waals surface area contributed by atoms with Gasteiger partial charge in [-0.3, -0.25) is 0 Å². The third-order valence-corrected chi connectivity index (χ3v) is 4.28. The zero-order valence-electron chi connectivity index (χ0n) is 11.3. The zero-order valence-corrected chi connectivity index (χ0v) is 12.1. The Balaban J connectivity index is 2.60. The average Bonchev–Trinajstić information content (AvgIpc) is 2.35. The molecule has 1 aromatic carbocycles. The van der Waals surface area contributed by atoms with Crippen LogP contribution in [0.2, 0.25) is 0 Å². The molecule has 0 aliphatic rings. The first kappa shape index (κ1) is 15.9. The average molecular weight is 289 g/mol. The fraction of sp³-hybridized carbons (Fsp3) is 0.538. The number of benzene rings is 1. The van der Waals surface area contributed by atoms with Gasteiger partial charge in [0.2, 0.25) is 0 Å². The van der Waals surface area contributed by atoms with Gasteiger partial charge in [-0.05, 0) is 24.2 Å². The molecule has 0 amide bonds.